The summed E-state index contributed by atoms with van der Waals surface area (Å²) in [6.07, 6.45) is 8.43. The van der Waals surface area contributed by atoms with Crippen molar-refractivity contribution in [2.75, 3.05) is 26.2 Å². The molecule has 8 heteroatoms. The second-order valence-corrected chi connectivity index (χ2v) is 5.66. The Labute approximate surface area is 114 Å². The molecule has 7 nitrogen and oxygen atoms in total. The van der Waals surface area contributed by atoms with E-state index in [9.17, 15) is 13.2 Å². The molecule has 0 radical (unpaired) electrons. The molecule has 2 heterocycles. The van der Waals surface area contributed by atoms with Crippen molar-refractivity contribution in [3.05, 3.63) is 0 Å². The maximum absolute atomic E-state index is 9.29. The van der Waals surface area contributed by atoms with Crippen molar-refractivity contribution in [3.63, 3.8) is 0 Å². The van der Waals surface area contributed by atoms with Crippen molar-refractivity contribution in [2.24, 2.45) is 0 Å². The Morgan fingerprint density at radius 3 is 1.11 bits per heavy atom. The Balaban J connectivity index is 0.000000256. The molecule has 0 aromatic rings. The fourth-order valence-corrected chi connectivity index (χ4v) is 1.60. The molecule has 114 valence electrons. The van der Waals surface area contributed by atoms with Gasteiger partial charge in [0, 0.05) is 0 Å². The Hall–Kier alpha value is -0.700. The van der Waals surface area contributed by atoms with Gasteiger partial charge in [0.15, 0.2) is 0 Å². The highest BCUT2D eigenvalue weighted by molar-refractivity contribution is 8.00. The smallest absolute Gasteiger partial charge is 0.449 e. The highest BCUT2D eigenvalue weighted by atomic mass is 32.2. The average Bonchev–Trinajstić information content (AvgIpc) is 2.43. The Morgan fingerprint density at radius 1 is 0.789 bits per heavy atom. The number of hydrogen-bond donors (Lipinski definition) is 4. The third kappa shape index (κ3) is 13.5. The van der Waals surface area contributed by atoms with E-state index in [1.807, 2.05) is 0 Å². The van der Waals surface area contributed by atoms with Gasteiger partial charge in [0.2, 0.25) is 0 Å². The van der Waals surface area contributed by atoms with Gasteiger partial charge in [-0.25, -0.2) is 4.79 Å². The van der Waals surface area contributed by atoms with E-state index in [1.165, 1.54) is 64.7 Å². The zero-order chi connectivity index (χ0) is 14.6. The number of piperidine rings is 2. The van der Waals surface area contributed by atoms with Gasteiger partial charge in [-0.1, -0.05) is 12.8 Å². The Bertz CT molecular complexity index is 289. The van der Waals surface area contributed by atoms with Crippen molar-refractivity contribution < 1.29 is 22.9 Å². The normalized spacial score (nSPS) is 19.2. The maximum atomic E-state index is 9.29. The highest BCUT2D eigenvalue weighted by Gasteiger charge is 2.14. The van der Waals surface area contributed by atoms with Gasteiger partial charge >= 0.3 is 15.4 Å². The summed E-state index contributed by atoms with van der Waals surface area (Å²) in [5.41, 5.74) is 0. The summed E-state index contributed by atoms with van der Waals surface area (Å²) in [4.78, 5) is 9.18. The van der Waals surface area contributed by atoms with Crippen molar-refractivity contribution in [2.45, 2.75) is 38.5 Å². The first-order chi connectivity index (χ1) is 8.94. The molecule has 0 saturated carbocycles. The molecule has 4 N–H and O–H groups in total. The minimum atomic E-state index is -4.82. The summed E-state index contributed by atoms with van der Waals surface area (Å²) in [7, 11) is -4.82. The minimum Gasteiger partial charge on any atom is -0.468 e. The van der Waals surface area contributed by atoms with E-state index < -0.39 is 15.4 Å². The Kier molecular flexibility index (Phi) is 10.7. The summed E-state index contributed by atoms with van der Waals surface area (Å²) in [5, 5.41) is 11.8. The fraction of sp³-hybridized carbons (Fsp3) is 0.909. The van der Waals surface area contributed by atoms with Gasteiger partial charge in [0.05, 0.1) is 0 Å². The van der Waals surface area contributed by atoms with E-state index in [4.69, 9.17) is 9.66 Å². The first-order valence-electron chi connectivity index (χ1n) is 6.56. The van der Waals surface area contributed by atoms with Gasteiger partial charge in [-0.15, -0.1) is 0 Å². The van der Waals surface area contributed by atoms with E-state index in [-0.39, 0.29) is 0 Å². The Morgan fingerprint density at radius 2 is 1.05 bits per heavy atom. The van der Waals surface area contributed by atoms with Crippen LogP contribution < -0.4 is 10.6 Å². The first kappa shape index (κ1) is 18.3. The lowest BCUT2D eigenvalue weighted by atomic mass is 10.2. The molecule has 2 aliphatic rings. The monoisotopic (exact) mass is 296 g/mol. The predicted molar refractivity (Wildman–Crippen MR) is 73.0 cm³/mol. The molecule has 2 aliphatic heterocycles. The number of hydrogen-bond acceptors (Lipinski definition) is 5. The lowest BCUT2D eigenvalue weighted by Gasteiger charge is -2.08. The molecule has 0 amide bonds. The van der Waals surface area contributed by atoms with Crippen LogP contribution in [-0.4, -0.2) is 49.6 Å². The summed E-state index contributed by atoms with van der Waals surface area (Å²) >= 11 is 0. The van der Waals surface area contributed by atoms with E-state index >= 15 is 0 Å². The third-order valence-corrected chi connectivity index (χ3v) is 3.08. The second-order valence-electron chi connectivity index (χ2n) is 4.36. The topological polar surface area (TPSA) is 116 Å². The van der Waals surface area contributed by atoms with Crippen LogP contribution in [0, 0.1) is 0 Å². The van der Waals surface area contributed by atoms with Crippen LogP contribution in [0.4, 0.5) is 4.79 Å². The van der Waals surface area contributed by atoms with Gasteiger partial charge in [0.1, 0.15) is 0 Å². The largest absolute Gasteiger partial charge is 0.468 e. The molecule has 2 rings (SSSR count). The molecular formula is C11H24N2O5S. The molecular weight excluding hydrogens is 272 g/mol. The zero-order valence-electron chi connectivity index (χ0n) is 11.1. The van der Waals surface area contributed by atoms with Gasteiger partial charge in [-0.05, 0) is 51.9 Å². The van der Waals surface area contributed by atoms with Crippen LogP contribution in [0.1, 0.15) is 38.5 Å². The summed E-state index contributed by atoms with van der Waals surface area (Å²) in [5.74, 6) is 0. The van der Waals surface area contributed by atoms with Gasteiger partial charge < -0.3 is 15.7 Å². The summed E-state index contributed by atoms with van der Waals surface area (Å²) in [6, 6.07) is 0. The number of nitrogens with one attached hydrogen (secondary N) is 2. The molecule has 0 aromatic carbocycles. The van der Waals surface area contributed by atoms with E-state index in [0.29, 0.717) is 0 Å². The molecule has 0 bridgehead atoms. The number of carboxylic acid groups (broad SMARTS) is 1. The summed E-state index contributed by atoms with van der Waals surface area (Å²) < 4.78 is 26.0. The molecule has 2 saturated heterocycles. The van der Waals surface area contributed by atoms with Crippen molar-refractivity contribution in [3.8, 4) is 0 Å². The standard InChI is InChI=1S/2C5H11N.CH2O5S/c2*1-2-4-6-5-3-1;2-1(3)7(4,5)6/h2*6H,1-5H2;(H,2,3)(H,4,5,6). The van der Waals surface area contributed by atoms with Gasteiger partial charge in [-0.3, -0.25) is 4.55 Å². The van der Waals surface area contributed by atoms with Crippen molar-refractivity contribution in [1.29, 1.82) is 0 Å². The maximum Gasteiger partial charge on any atom is 0.449 e. The summed E-state index contributed by atoms with van der Waals surface area (Å²) in [6.45, 7) is 5.00. The molecule has 19 heavy (non-hydrogen) atoms. The lowest BCUT2D eigenvalue weighted by Crippen LogP contribution is -2.21. The SMILES string of the molecule is C1CCNCC1.C1CCNCC1.O=C(O)S(=O)(=O)O. The number of carbonyl (C=O) groups is 1. The second kappa shape index (κ2) is 11.2. The van der Waals surface area contributed by atoms with Gasteiger partial charge in [0.25, 0.3) is 0 Å². The van der Waals surface area contributed by atoms with Gasteiger partial charge in [-0.2, -0.15) is 8.42 Å². The van der Waals surface area contributed by atoms with E-state index in [1.54, 1.807) is 0 Å². The van der Waals surface area contributed by atoms with Crippen LogP contribution in [0.3, 0.4) is 0 Å². The lowest BCUT2D eigenvalue weighted by molar-refractivity contribution is 0.216. The van der Waals surface area contributed by atoms with Crippen molar-refractivity contribution >= 4 is 15.4 Å². The minimum absolute atomic E-state index is 1.25. The van der Waals surface area contributed by atoms with E-state index in [0.717, 1.165) is 0 Å². The molecule has 0 aromatic heterocycles. The van der Waals surface area contributed by atoms with Crippen LogP contribution in [0.5, 0.6) is 0 Å². The van der Waals surface area contributed by atoms with E-state index in [2.05, 4.69) is 10.6 Å². The fourth-order valence-electron chi connectivity index (χ4n) is 1.60. The molecule has 0 aliphatic carbocycles. The average molecular weight is 296 g/mol. The quantitative estimate of drug-likeness (QED) is 0.494. The zero-order valence-corrected chi connectivity index (χ0v) is 11.9. The van der Waals surface area contributed by atoms with Crippen LogP contribution in [0.15, 0.2) is 0 Å². The molecule has 0 atom stereocenters. The van der Waals surface area contributed by atoms with Crippen LogP contribution >= 0.6 is 0 Å². The van der Waals surface area contributed by atoms with Crippen LogP contribution in [0.25, 0.3) is 0 Å². The van der Waals surface area contributed by atoms with Crippen LogP contribution in [0.2, 0.25) is 0 Å². The third-order valence-electron chi connectivity index (χ3n) is 2.63. The highest BCUT2D eigenvalue weighted by Crippen LogP contribution is 1.97. The molecule has 0 spiro atoms. The predicted octanol–water partition coefficient (Wildman–Crippen LogP) is 1.07. The molecule has 2 fully saturated rings. The first-order valence-corrected chi connectivity index (χ1v) is 8.00. The number of rotatable bonds is 0. The van der Waals surface area contributed by atoms with Crippen LogP contribution in [-0.2, 0) is 10.1 Å². The van der Waals surface area contributed by atoms with Crippen molar-refractivity contribution in [1.82, 2.24) is 10.6 Å². The molecule has 0 unspecified atom stereocenters.